The topological polar surface area (TPSA) is 6.48 Å². The van der Waals surface area contributed by atoms with E-state index in [1.807, 2.05) is 0 Å². The molecule has 2 nitrogen and oxygen atoms in total. The van der Waals surface area contributed by atoms with Crippen LogP contribution < -0.4 is 9.80 Å². The highest BCUT2D eigenvalue weighted by molar-refractivity contribution is 6.26. The number of benzene rings is 10. The lowest BCUT2D eigenvalue weighted by molar-refractivity contribution is 1.27. The standard InChI is InChI=1S/C59H46N2/c1-41-18-26-47(27-19-41)60(48-28-20-42(2)21-29-48)52-35-37-56-58(39-52)54-17-11-10-16-53(54)55-36-34-51(40-59(55)56)61(49-30-22-43(3)23-31-49)50-32-24-44(25-33-50)38-57(45-12-6-4-7-13-45)46-14-8-5-9-15-46/h4-40H,1-3H3. The van der Waals surface area contributed by atoms with Crippen LogP contribution in [-0.4, -0.2) is 0 Å². The zero-order chi connectivity index (χ0) is 41.3. The third-order valence-corrected chi connectivity index (χ3v) is 11.8. The Hall–Kier alpha value is -7.68. The van der Waals surface area contributed by atoms with E-state index in [-0.39, 0.29) is 0 Å². The third kappa shape index (κ3) is 7.45. The SMILES string of the molecule is Cc1ccc(N(c2ccc(C)cc2)c2ccc3c(c2)c2ccccc2c2ccc(N(c4ccc(C)cc4)c4ccc(C=C(c5ccccc5)c5ccccc5)cc4)cc23)cc1. The predicted molar refractivity (Wildman–Crippen MR) is 262 cm³/mol. The maximum absolute atomic E-state index is 2.39. The molecule has 0 saturated carbocycles. The summed E-state index contributed by atoms with van der Waals surface area (Å²) < 4.78 is 0. The first-order valence-electron chi connectivity index (χ1n) is 21.1. The highest BCUT2D eigenvalue weighted by Gasteiger charge is 2.18. The fourth-order valence-electron chi connectivity index (χ4n) is 8.64. The largest absolute Gasteiger partial charge is 0.310 e. The van der Waals surface area contributed by atoms with E-state index in [4.69, 9.17) is 0 Å². The van der Waals surface area contributed by atoms with Crippen molar-refractivity contribution in [2.24, 2.45) is 0 Å². The zero-order valence-electron chi connectivity index (χ0n) is 34.8. The van der Waals surface area contributed by atoms with Gasteiger partial charge in [-0.25, -0.2) is 0 Å². The number of anilines is 6. The van der Waals surface area contributed by atoms with Crippen LogP contribution in [0.3, 0.4) is 0 Å². The molecule has 0 amide bonds. The van der Waals surface area contributed by atoms with E-state index in [9.17, 15) is 0 Å². The van der Waals surface area contributed by atoms with Crippen molar-refractivity contribution >= 4 is 78.1 Å². The van der Waals surface area contributed by atoms with Crippen LogP contribution in [0.4, 0.5) is 34.1 Å². The van der Waals surface area contributed by atoms with E-state index in [2.05, 4.69) is 255 Å². The summed E-state index contributed by atoms with van der Waals surface area (Å²) in [6.07, 6.45) is 2.30. The van der Waals surface area contributed by atoms with Gasteiger partial charge in [0.25, 0.3) is 0 Å². The molecule has 0 aromatic heterocycles. The van der Waals surface area contributed by atoms with Crippen molar-refractivity contribution in [2.75, 3.05) is 9.80 Å². The summed E-state index contributed by atoms with van der Waals surface area (Å²) in [7, 11) is 0. The molecule has 0 unspecified atom stereocenters. The Kier molecular flexibility index (Phi) is 9.96. The first-order valence-corrected chi connectivity index (χ1v) is 21.1. The number of fused-ring (bicyclic) bond motifs is 6. The van der Waals surface area contributed by atoms with Crippen LogP contribution in [0.5, 0.6) is 0 Å². The first-order chi connectivity index (χ1) is 30.0. The van der Waals surface area contributed by atoms with E-state index in [1.165, 1.54) is 65.7 Å². The molecule has 0 aliphatic rings. The van der Waals surface area contributed by atoms with Gasteiger partial charge in [-0.1, -0.05) is 162 Å². The quantitative estimate of drug-likeness (QED) is 0.106. The molecule has 61 heavy (non-hydrogen) atoms. The van der Waals surface area contributed by atoms with Crippen LogP contribution in [0.2, 0.25) is 0 Å². The van der Waals surface area contributed by atoms with Gasteiger partial charge in [0.05, 0.1) is 0 Å². The maximum atomic E-state index is 2.39. The van der Waals surface area contributed by atoms with Crippen LogP contribution in [0, 0.1) is 20.8 Å². The Morgan fingerprint density at radius 1 is 0.295 bits per heavy atom. The summed E-state index contributed by atoms with van der Waals surface area (Å²) in [5, 5.41) is 7.42. The van der Waals surface area contributed by atoms with Crippen LogP contribution >= 0.6 is 0 Å². The van der Waals surface area contributed by atoms with Crippen molar-refractivity contribution in [1.29, 1.82) is 0 Å². The van der Waals surface area contributed by atoms with Gasteiger partial charge >= 0.3 is 0 Å². The summed E-state index contributed by atoms with van der Waals surface area (Å²) >= 11 is 0. The number of nitrogens with zero attached hydrogens (tertiary/aromatic N) is 2. The molecule has 0 heterocycles. The number of hydrogen-bond acceptors (Lipinski definition) is 2. The van der Waals surface area contributed by atoms with Gasteiger partial charge in [-0.15, -0.1) is 0 Å². The van der Waals surface area contributed by atoms with Gasteiger partial charge in [-0.2, -0.15) is 0 Å². The molecule has 10 aromatic carbocycles. The molecule has 0 aliphatic carbocycles. The highest BCUT2D eigenvalue weighted by Crippen LogP contribution is 2.44. The second-order valence-corrected chi connectivity index (χ2v) is 16.1. The molecule has 10 aromatic rings. The van der Waals surface area contributed by atoms with Gasteiger partial charge in [-0.05, 0) is 154 Å². The normalized spacial score (nSPS) is 11.2. The second-order valence-electron chi connectivity index (χ2n) is 16.1. The Morgan fingerprint density at radius 2 is 0.607 bits per heavy atom. The Bertz CT molecular complexity index is 3080. The molecule has 2 heteroatoms. The van der Waals surface area contributed by atoms with Crippen LogP contribution in [0.15, 0.2) is 218 Å². The summed E-state index contributed by atoms with van der Waals surface area (Å²) in [5.41, 5.74) is 15.2. The van der Waals surface area contributed by atoms with Gasteiger partial charge in [0.2, 0.25) is 0 Å². The lowest BCUT2D eigenvalue weighted by atomic mass is 9.93. The average molecular weight is 783 g/mol. The average Bonchev–Trinajstić information content (AvgIpc) is 3.31. The molecule has 0 N–H and O–H groups in total. The van der Waals surface area contributed by atoms with E-state index in [1.54, 1.807) is 0 Å². The smallest absolute Gasteiger partial charge is 0.0468 e. The molecule has 0 spiro atoms. The molecule has 0 bridgehead atoms. The minimum Gasteiger partial charge on any atom is -0.310 e. The summed E-state index contributed by atoms with van der Waals surface area (Å²) in [6, 6.07) is 79.6. The molecule has 10 rings (SSSR count). The number of hydrogen-bond donors (Lipinski definition) is 0. The molecule has 0 radical (unpaired) electrons. The third-order valence-electron chi connectivity index (χ3n) is 11.8. The molecular formula is C59H46N2. The molecule has 0 fully saturated rings. The summed E-state index contributed by atoms with van der Waals surface area (Å²) in [4.78, 5) is 4.75. The van der Waals surface area contributed by atoms with E-state index in [0.717, 1.165) is 39.7 Å². The van der Waals surface area contributed by atoms with Crippen molar-refractivity contribution in [3.8, 4) is 0 Å². The van der Waals surface area contributed by atoms with Gasteiger partial charge in [0, 0.05) is 34.1 Å². The van der Waals surface area contributed by atoms with E-state index < -0.39 is 0 Å². The molecular weight excluding hydrogens is 737 g/mol. The van der Waals surface area contributed by atoms with Crippen LogP contribution in [0.1, 0.15) is 33.4 Å². The highest BCUT2D eigenvalue weighted by atomic mass is 15.1. The number of rotatable bonds is 9. The van der Waals surface area contributed by atoms with Crippen LogP contribution in [0.25, 0.3) is 44.0 Å². The van der Waals surface area contributed by atoms with Gasteiger partial charge in [0.15, 0.2) is 0 Å². The van der Waals surface area contributed by atoms with Crippen LogP contribution in [-0.2, 0) is 0 Å². The zero-order valence-corrected chi connectivity index (χ0v) is 34.8. The minimum absolute atomic E-state index is 1.10. The molecule has 0 atom stereocenters. The van der Waals surface area contributed by atoms with Crippen molar-refractivity contribution in [3.05, 3.63) is 252 Å². The summed E-state index contributed by atoms with van der Waals surface area (Å²) in [6.45, 7) is 6.43. The molecule has 292 valence electrons. The fraction of sp³-hybridized carbons (Fsp3) is 0.0508. The Morgan fingerprint density at radius 3 is 1.02 bits per heavy atom. The second kappa shape index (κ2) is 16.2. The Balaban J connectivity index is 1.12. The van der Waals surface area contributed by atoms with Crippen molar-refractivity contribution in [1.82, 2.24) is 0 Å². The Labute approximate surface area is 358 Å². The van der Waals surface area contributed by atoms with Gasteiger partial charge in [-0.3, -0.25) is 0 Å². The fourth-order valence-corrected chi connectivity index (χ4v) is 8.64. The van der Waals surface area contributed by atoms with E-state index >= 15 is 0 Å². The first kappa shape index (κ1) is 37.6. The maximum Gasteiger partial charge on any atom is 0.0468 e. The van der Waals surface area contributed by atoms with Gasteiger partial charge < -0.3 is 9.80 Å². The monoisotopic (exact) mass is 782 g/mol. The van der Waals surface area contributed by atoms with Crippen molar-refractivity contribution in [3.63, 3.8) is 0 Å². The lowest BCUT2D eigenvalue weighted by Crippen LogP contribution is -2.10. The molecule has 0 saturated heterocycles. The minimum atomic E-state index is 1.10. The number of aryl methyl sites for hydroxylation is 3. The van der Waals surface area contributed by atoms with Gasteiger partial charge in [0.1, 0.15) is 0 Å². The van der Waals surface area contributed by atoms with Crippen molar-refractivity contribution < 1.29 is 0 Å². The van der Waals surface area contributed by atoms with Crippen molar-refractivity contribution in [2.45, 2.75) is 20.8 Å². The lowest BCUT2D eigenvalue weighted by Gasteiger charge is -2.27. The predicted octanol–water partition coefficient (Wildman–Crippen LogP) is 16.6. The summed E-state index contributed by atoms with van der Waals surface area (Å²) in [5.74, 6) is 0. The molecule has 0 aliphatic heterocycles. The van der Waals surface area contributed by atoms with E-state index in [0.29, 0.717) is 0 Å².